The van der Waals surface area contributed by atoms with Gasteiger partial charge in [-0.15, -0.1) is 6.58 Å². The average molecular weight is 251 g/mol. The standard InChI is InChI=1S/C13H17NO4/c1-5-8-14-13(15)9-6-7-10(16-2)12(18-4)11(9)17-3/h5-7H,1,8H2,2-4H3,(H,14,15). The van der Waals surface area contributed by atoms with Gasteiger partial charge in [0.1, 0.15) is 0 Å². The van der Waals surface area contributed by atoms with Crippen LogP contribution in [0.4, 0.5) is 0 Å². The minimum atomic E-state index is -0.257. The Kier molecular flexibility index (Phi) is 5.05. The van der Waals surface area contributed by atoms with Gasteiger partial charge in [-0.05, 0) is 12.1 Å². The molecule has 0 atom stereocenters. The Morgan fingerprint density at radius 1 is 1.22 bits per heavy atom. The van der Waals surface area contributed by atoms with Crippen molar-refractivity contribution in [3.05, 3.63) is 30.4 Å². The van der Waals surface area contributed by atoms with E-state index in [9.17, 15) is 4.79 Å². The number of hydrogen-bond donors (Lipinski definition) is 1. The minimum absolute atomic E-state index is 0.257. The Morgan fingerprint density at radius 2 is 1.89 bits per heavy atom. The molecule has 5 nitrogen and oxygen atoms in total. The van der Waals surface area contributed by atoms with Crippen molar-refractivity contribution in [2.45, 2.75) is 0 Å². The van der Waals surface area contributed by atoms with Gasteiger partial charge in [-0.1, -0.05) is 6.08 Å². The molecule has 0 bridgehead atoms. The lowest BCUT2D eigenvalue weighted by Gasteiger charge is -2.15. The highest BCUT2D eigenvalue weighted by molar-refractivity contribution is 5.98. The van der Waals surface area contributed by atoms with Gasteiger partial charge in [-0.25, -0.2) is 0 Å². The number of rotatable bonds is 6. The van der Waals surface area contributed by atoms with Gasteiger partial charge in [0.15, 0.2) is 11.5 Å². The van der Waals surface area contributed by atoms with Crippen LogP contribution in [0.15, 0.2) is 24.8 Å². The number of carbonyl (C=O) groups excluding carboxylic acids is 1. The number of amides is 1. The summed E-state index contributed by atoms with van der Waals surface area (Å²) in [6.07, 6.45) is 1.60. The van der Waals surface area contributed by atoms with Crippen molar-refractivity contribution < 1.29 is 19.0 Å². The molecule has 0 aromatic heterocycles. The minimum Gasteiger partial charge on any atom is -0.493 e. The molecule has 0 aliphatic carbocycles. The van der Waals surface area contributed by atoms with Crippen molar-refractivity contribution >= 4 is 5.91 Å². The number of hydrogen-bond acceptors (Lipinski definition) is 4. The predicted molar refractivity (Wildman–Crippen MR) is 68.6 cm³/mol. The highest BCUT2D eigenvalue weighted by Crippen LogP contribution is 2.39. The van der Waals surface area contributed by atoms with Gasteiger partial charge in [0.05, 0.1) is 26.9 Å². The molecule has 1 rings (SSSR count). The molecule has 1 aromatic carbocycles. The molecule has 0 radical (unpaired) electrons. The second-order valence-electron chi connectivity index (χ2n) is 3.38. The number of ether oxygens (including phenoxy) is 3. The molecular weight excluding hydrogens is 234 g/mol. The van der Waals surface area contributed by atoms with E-state index in [-0.39, 0.29) is 5.91 Å². The summed E-state index contributed by atoms with van der Waals surface area (Å²) in [7, 11) is 4.49. The largest absolute Gasteiger partial charge is 0.493 e. The van der Waals surface area contributed by atoms with Gasteiger partial charge in [0.25, 0.3) is 5.91 Å². The topological polar surface area (TPSA) is 56.8 Å². The lowest BCUT2D eigenvalue weighted by atomic mass is 10.1. The molecule has 18 heavy (non-hydrogen) atoms. The lowest BCUT2D eigenvalue weighted by molar-refractivity contribution is 0.0954. The van der Waals surface area contributed by atoms with E-state index in [1.165, 1.54) is 21.3 Å². The zero-order valence-corrected chi connectivity index (χ0v) is 10.8. The maximum absolute atomic E-state index is 11.9. The van der Waals surface area contributed by atoms with Gasteiger partial charge in [0.2, 0.25) is 5.75 Å². The van der Waals surface area contributed by atoms with Crippen LogP contribution in [0.1, 0.15) is 10.4 Å². The number of carbonyl (C=O) groups is 1. The Balaban J connectivity index is 3.19. The van der Waals surface area contributed by atoms with E-state index in [4.69, 9.17) is 14.2 Å². The van der Waals surface area contributed by atoms with Gasteiger partial charge in [0, 0.05) is 6.54 Å². The second kappa shape index (κ2) is 6.54. The zero-order valence-electron chi connectivity index (χ0n) is 10.8. The predicted octanol–water partition coefficient (Wildman–Crippen LogP) is 1.63. The summed E-state index contributed by atoms with van der Waals surface area (Å²) in [5.41, 5.74) is 0.386. The molecule has 1 aromatic rings. The Morgan fingerprint density at radius 3 is 2.39 bits per heavy atom. The van der Waals surface area contributed by atoms with Crippen molar-refractivity contribution in [2.75, 3.05) is 27.9 Å². The van der Waals surface area contributed by atoms with Crippen molar-refractivity contribution in [1.29, 1.82) is 0 Å². The summed E-state index contributed by atoms with van der Waals surface area (Å²) in [6.45, 7) is 3.92. The third-order valence-electron chi connectivity index (χ3n) is 2.36. The van der Waals surface area contributed by atoms with E-state index < -0.39 is 0 Å². The normalized spacial score (nSPS) is 9.50. The molecule has 0 saturated carbocycles. The summed E-state index contributed by atoms with van der Waals surface area (Å²) < 4.78 is 15.6. The van der Waals surface area contributed by atoms with E-state index in [1.807, 2.05) is 0 Å². The van der Waals surface area contributed by atoms with Crippen LogP contribution in [0.25, 0.3) is 0 Å². The van der Waals surface area contributed by atoms with Crippen LogP contribution >= 0.6 is 0 Å². The van der Waals surface area contributed by atoms with Crippen LogP contribution in [-0.2, 0) is 0 Å². The van der Waals surface area contributed by atoms with Crippen molar-refractivity contribution in [3.8, 4) is 17.2 Å². The molecule has 1 amide bonds. The quantitative estimate of drug-likeness (QED) is 0.781. The fourth-order valence-electron chi connectivity index (χ4n) is 1.54. The Hall–Kier alpha value is -2.17. The summed E-state index contributed by atoms with van der Waals surface area (Å²) >= 11 is 0. The van der Waals surface area contributed by atoms with Crippen LogP contribution < -0.4 is 19.5 Å². The van der Waals surface area contributed by atoms with Crippen LogP contribution in [0, 0.1) is 0 Å². The first-order valence-electron chi connectivity index (χ1n) is 5.37. The molecular formula is C13H17NO4. The van der Waals surface area contributed by atoms with Crippen LogP contribution in [-0.4, -0.2) is 33.8 Å². The first-order chi connectivity index (χ1) is 8.69. The van der Waals surface area contributed by atoms with E-state index in [0.717, 1.165) is 0 Å². The molecule has 0 fully saturated rings. The van der Waals surface area contributed by atoms with Crippen LogP contribution in [0.3, 0.4) is 0 Å². The summed E-state index contributed by atoms with van der Waals surface area (Å²) in [6, 6.07) is 3.28. The first-order valence-corrected chi connectivity index (χ1v) is 5.37. The summed E-state index contributed by atoms with van der Waals surface area (Å²) in [4.78, 5) is 11.9. The van der Waals surface area contributed by atoms with Gasteiger partial charge in [-0.3, -0.25) is 4.79 Å². The first kappa shape index (κ1) is 13.9. The number of nitrogens with one attached hydrogen (secondary N) is 1. The van der Waals surface area contributed by atoms with Gasteiger partial charge in [-0.2, -0.15) is 0 Å². The molecule has 1 N–H and O–H groups in total. The summed E-state index contributed by atoms with van der Waals surface area (Å²) in [5, 5.41) is 2.68. The van der Waals surface area contributed by atoms with Gasteiger partial charge >= 0.3 is 0 Å². The van der Waals surface area contributed by atoms with Crippen molar-refractivity contribution in [3.63, 3.8) is 0 Å². The van der Waals surface area contributed by atoms with Crippen molar-refractivity contribution in [1.82, 2.24) is 5.32 Å². The molecule has 0 heterocycles. The molecule has 0 aliphatic rings. The van der Waals surface area contributed by atoms with E-state index in [1.54, 1.807) is 18.2 Å². The fourth-order valence-corrected chi connectivity index (χ4v) is 1.54. The van der Waals surface area contributed by atoms with Crippen LogP contribution in [0.2, 0.25) is 0 Å². The smallest absolute Gasteiger partial charge is 0.255 e. The average Bonchev–Trinajstić information content (AvgIpc) is 2.42. The Bertz CT molecular complexity index is 443. The fraction of sp³-hybridized carbons (Fsp3) is 0.308. The number of methoxy groups -OCH3 is 3. The molecule has 0 unspecified atom stereocenters. The van der Waals surface area contributed by atoms with E-state index in [0.29, 0.717) is 29.4 Å². The summed E-state index contributed by atoms with van der Waals surface area (Å²) in [5.74, 6) is 0.993. The molecule has 98 valence electrons. The lowest BCUT2D eigenvalue weighted by Crippen LogP contribution is -2.23. The molecule has 0 aliphatic heterocycles. The highest BCUT2D eigenvalue weighted by atomic mass is 16.5. The SMILES string of the molecule is C=CCNC(=O)c1ccc(OC)c(OC)c1OC. The third-order valence-corrected chi connectivity index (χ3v) is 2.36. The van der Waals surface area contributed by atoms with Crippen LogP contribution in [0.5, 0.6) is 17.2 Å². The maximum Gasteiger partial charge on any atom is 0.255 e. The third kappa shape index (κ3) is 2.74. The monoisotopic (exact) mass is 251 g/mol. The van der Waals surface area contributed by atoms with Gasteiger partial charge < -0.3 is 19.5 Å². The Labute approximate surface area is 106 Å². The second-order valence-corrected chi connectivity index (χ2v) is 3.38. The van der Waals surface area contributed by atoms with Crippen molar-refractivity contribution in [2.24, 2.45) is 0 Å². The zero-order chi connectivity index (χ0) is 13.5. The highest BCUT2D eigenvalue weighted by Gasteiger charge is 2.19. The molecule has 0 spiro atoms. The molecule has 5 heteroatoms. The van der Waals surface area contributed by atoms with E-state index in [2.05, 4.69) is 11.9 Å². The van der Waals surface area contributed by atoms with E-state index >= 15 is 0 Å². The maximum atomic E-state index is 11.9. The number of benzene rings is 1. The molecule has 0 saturated heterocycles.